The van der Waals surface area contributed by atoms with Gasteiger partial charge in [-0.15, -0.1) is 0 Å². The predicted octanol–water partition coefficient (Wildman–Crippen LogP) is 2.58. The number of aromatic nitrogens is 1. The monoisotopic (exact) mass is 277 g/mol. The number of halogens is 1. The summed E-state index contributed by atoms with van der Waals surface area (Å²) in [5.74, 6) is 0.0182. The topological polar surface area (TPSA) is 77.2 Å². The highest BCUT2D eigenvalue weighted by Gasteiger charge is 2.14. The lowest BCUT2D eigenvalue weighted by molar-refractivity contribution is 0.102. The van der Waals surface area contributed by atoms with Gasteiger partial charge in [0.2, 0.25) is 0 Å². The summed E-state index contributed by atoms with van der Waals surface area (Å²) in [4.78, 5) is 16.1. The first-order chi connectivity index (χ1) is 9.13. The van der Waals surface area contributed by atoms with Crippen molar-refractivity contribution in [3.05, 3.63) is 47.2 Å². The fraction of sp³-hybridized carbons (Fsp3) is 0.0769. The minimum Gasteiger partial charge on any atom is -0.494 e. The van der Waals surface area contributed by atoms with Crippen molar-refractivity contribution < 1.29 is 9.53 Å². The Kier molecular flexibility index (Phi) is 3.87. The molecule has 19 heavy (non-hydrogen) atoms. The zero-order chi connectivity index (χ0) is 13.8. The van der Waals surface area contributed by atoms with E-state index in [1.807, 2.05) is 0 Å². The molecular formula is C13H12ClN3O2. The van der Waals surface area contributed by atoms with Crippen molar-refractivity contribution >= 4 is 28.9 Å². The van der Waals surface area contributed by atoms with Gasteiger partial charge in [-0.05, 0) is 18.2 Å². The third-order valence-corrected chi connectivity index (χ3v) is 2.85. The summed E-state index contributed by atoms with van der Waals surface area (Å²) >= 11 is 6.00. The molecule has 0 atom stereocenters. The lowest BCUT2D eigenvalue weighted by atomic mass is 10.2. The summed E-state index contributed by atoms with van der Waals surface area (Å²) in [6, 6.07) is 6.57. The first-order valence-corrected chi connectivity index (χ1v) is 5.84. The van der Waals surface area contributed by atoms with Gasteiger partial charge in [0, 0.05) is 6.20 Å². The molecule has 98 valence electrons. The van der Waals surface area contributed by atoms with E-state index in [9.17, 15) is 4.79 Å². The number of nitrogens with zero attached hydrogens (tertiary/aromatic N) is 1. The van der Waals surface area contributed by atoms with Gasteiger partial charge in [0.05, 0.1) is 35.3 Å². The van der Waals surface area contributed by atoms with Crippen LogP contribution in [0.1, 0.15) is 10.4 Å². The minimum absolute atomic E-state index is 0.358. The number of pyridine rings is 1. The Morgan fingerprint density at radius 2 is 2.21 bits per heavy atom. The lowest BCUT2D eigenvalue weighted by Crippen LogP contribution is -2.14. The molecule has 2 rings (SSSR count). The number of rotatable bonds is 3. The maximum Gasteiger partial charge on any atom is 0.259 e. The minimum atomic E-state index is -0.362. The molecule has 2 aromatic rings. The molecule has 1 aromatic carbocycles. The molecule has 1 aromatic heterocycles. The summed E-state index contributed by atoms with van der Waals surface area (Å²) in [5, 5.41) is 3.04. The van der Waals surface area contributed by atoms with Crippen molar-refractivity contribution in [2.45, 2.75) is 0 Å². The second-order valence-electron chi connectivity index (χ2n) is 3.73. The van der Waals surface area contributed by atoms with Gasteiger partial charge in [-0.25, -0.2) is 0 Å². The van der Waals surface area contributed by atoms with Crippen LogP contribution in [-0.4, -0.2) is 18.0 Å². The molecule has 0 aliphatic rings. The molecule has 0 fully saturated rings. The summed E-state index contributed by atoms with van der Waals surface area (Å²) in [7, 11) is 1.47. The van der Waals surface area contributed by atoms with Crippen molar-refractivity contribution in [3.63, 3.8) is 0 Å². The Labute approximate surface area is 115 Å². The van der Waals surface area contributed by atoms with Crippen molar-refractivity contribution in [1.29, 1.82) is 0 Å². The van der Waals surface area contributed by atoms with Crippen LogP contribution >= 0.6 is 11.6 Å². The van der Waals surface area contributed by atoms with Gasteiger partial charge < -0.3 is 15.8 Å². The van der Waals surface area contributed by atoms with E-state index in [-0.39, 0.29) is 5.91 Å². The normalized spacial score (nSPS) is 10.0. The van der Waals surface area contributed by atoms with Gasteiger partial charge in [0.25, 0.3) is 5.91 Å². The van der Waals surface area contributed by atoms with Gasteiger partial charge in [-0.2, -0.15) is 0 Å². The first-order valence-electron chi connectivity index (χ1n) is 5.47. The van der Waals surface area contributed by atoms with E-state index in [1.54, 1.807) is 24.3 Å². The molecule has 0 radical (unpaired) electrons. The number of amides is 1. The number of nitrogens with two attached hydrogens (primary N) is 1. The van der Waals surface area contributed by atoms with E-state index in [0.29, 0.717) is 27.7 Å². The van der Waals surface area contributed by atoms with Crippen LogP contribution in [-0.2, 0) is 0 Å². The van der Waals surface area contributed by atoms with Crippen LogP contribution in [0.15, 0.2) is 36.7 Å². The predicted molar refractivity (Wildman–Crippen MR) is 74.6 cm³/mol. The Bertz CT molecular complexity index is 596. The van der Waals surface area contributed by atoms with Crippen LogP contribution in [0.2, 0.25) is 5.02 Å². The van der Waals surface area contributed by atoms with Gasteiger partial charge >= 0.3 is 0 Å². The summed E-state index contributed by atoms with van der Waals surface area (Å²) in [6.07, 6.45) is 2.97. The van der Waals surface area contributed by atoms with Crippen LogP contribution in [0.3, 0.4) is 0 Å². The number of hydrogen-bond acceptors (Lipinski definition) is 4. The Morgan fingerprint density at radius 1 is 1.42 bits per heavy atom. The van der Waals surface area contributed by atoms with Crippen molar-refractivity contribution in [3.8, 4) is 5.75 Å². The molecule has 0 saturated heterocycles. The summed E-state index contributed by atoms with van der Waals surface area (Å²) < 4.78 is 5.08. The first kappa shape index (κ1) is 13.2. The number of methoxy groups -OCH3 is 1. The van der Waals surface area contributed by atoms with Gasteiger partial charge in [-0.3, -0.25) is 9.78 Å². The number of ether oxygens (including phenoxy) is 1. The lowest BCUT2D eigenvalue weighted by Gasteiger charge is -2.11. The molecule has 0 spiro atoms. The van der Waals surface area contributed by atoms with Crippen LogP contribution in [0.5, 0.6) is 5.75 Å². The Balaban J connectivity index is 2.31. The van der Waals surface area contributed by atoms with E-state index >= 15 is 0 Å². The average Bonchev–Trinajstić information content (AvgIpc) is 2.42. The van der Waals surface area contributed by atoms with Crippen molar-refractivity contribution in [2.75, 3.05) is 18.2 Å². The number of benzene rings is 1. The maximum absolute atomic E-state index is 12.2. The molecule has 0 bridgehead atoms. The fourth-order valence-electron chi connectivity index (χ4n) is 1.58. The van der Waals surface area contributed by atoms with E-state index < -0.39 is 0 Å². The van der Waals surface area contributed by atoms with E-state index in [2.05, 4.69) is 10.3 Å². The van der Waals surface area contributed by atoms with Gasteiger partial charge in [-0.1, -0.05) is 17.7 Å². The van der Waals surface area contributed by atoms with Gasteiger partial charge in [0.15, 0.2) is 0 Å². The van der Waals surface area contributed by atoms with Crippen LogP contribution in [0.4, 0.5) is 11.4 Å². The standard InChI is InChI=1S/C13H12ClN3O2/c1-19-11-7-16-6-5-8(11)13(18)17-12-9(14)3-2-4-10(12)15/h2-7H,15H2,1H3,(H,17,18). The van der Waals surface area contributed by atoms with E-state index in [1.165, 1.54) is 19.5 Å². The highest BCUT2D eigenvalue weighted by atomic mass is 35.5. The molecule has 3 N–H and O–H groups in total. The zero-order valence-electron chi connectivity index (χ0n) is 10.2. The van der Waals surface area contributed by atoms with Crippen LogP contribution in [0, 0.1) is 0 Å². The second kappa shape index (κ2) is 5.58. The fourth-order valence-corrected chi connectivity index (χ4v) is 1.81. The number of hydrogen-bond donors (Lipinski definition) is 2. The molecule has 6 heteroatoms. The highest BCUT2D eigenvalue weighted by Crippen LogP contribution is 2.29. The number of anilines is 2. The Hall–Kier alpha value is -2.27. The third kappa shape index (κ3) is 2.77. The molecule has 1 heterocycles. The molecule has 0 unspecified atom stereocenters. The summed E-state index contributed by atoms with van der Waals surface area (Å²) in [5.41, 5.74) is 6.91. The van der Waals surface area contributed by atoms with Crippen molar-refractivity contribution in [1.82, 2.24) is 4.98 Å². The van der Waals surface area contributed by atoms with Gasteiger partial charge in [0.1, 0.15) is 5.75 Å². The third-order valence-electron chi connectivity index (χ3n) is 2.53. The van der Waals surface area contributed by atoms with E-state index in [4.69, 9.17) is 22.1 Å². The number of nitrogen functional groups attached to an aromatic ring is 1. The molecule has 1 amide bonds. The molecule has 0 saturated carbocycles. The van der Waals surface area contributed by atoms with Crippen LogP contribution in [0.25, 0.3) is 0 Å². The number of carbonyl (C=O) groups excluding carboxylic acids is 1. The SMILES string of the molecule is COc1cnccc1C(=O)Nc1c(N)cccc1Cl. The van der Waals surface area contributed by atoms with Crippen molar-refractivity contribution in [2.24, 2.45) is 0 Å². The molecule has 5 nitrogen and oxygen atoms in total. The summed E-state index contributed by atoms with van der Waals surface area (Å²) in [6.45, 7) is 0. The highest BCUT2D eigenvalue weighted by molar-refractivity contribution is 6.34. The number of nitrogens with one attached hydrogen (secondary N) is 1. The Morgan fingerprint density at radius 3 is 2.89 bits per heavy atom. The zero-order valence-corrected chi connectivity index (χ0v) is 10.9. The quantitative estimate of drug-likeness (QED) is 0.846. The molecular weight excluding hydrogens is 266 g/mol. The largest absolute Gasteiger partial charge is 0.494 e. The van der Waals surface area contributed by atoms with E-state index in [0.717, 1.165) is 0 Å². The average molecular weight is 278 g/mol. The second-order valence-corrected chi connectivity index (χ2v) is 4.14. The number of para-hydroxylation sites is 1. The molecule has 0 aliphatic carbocycles. The number of carbonyl (C=O) groups is 1. The smallest absolute Gasteiger partial charge is 0.259 e. The maximum atomic E-state index is 12.2. The molecule has 0 aliphatic heterocycles. The van der Waals surface area contributed by atoms with Crippen LogP contribution < -0.4 is 15.8 Å².